The molecule has 0 aromatic carbocycles. The zero-order valence-corrected chi connectivity index (χ0v) is 6.54. The summed E-state index contributed by atoms with van der Waals surface area (Å²) in [4.78, 5) is 22.8. The molecular weight excluding hydrogens is 144 g/mol. The van der Waals surface area contributed by atoms with Gasteiger partial charge in [0.25, 0.3) is 0 Å². The number of nitrogens with zero attached hydrogens (tertiary/aromatic N) is 1. The Hall–Kier alpha value is -1.06. The molecule has 1 aliphatic rings. The summed E-state index contributed by atoms with van der Waals surface area (Å²) in [7, 11) is 1.62. The molecule has 2 N–H and O–H groups in total. The third kappa shape index (κ3) is 1.50. The van der Waals surface area contributed by atoms with E-state index in [-0.39, 0.29) is 6.04 Å². The van der Waals surface area contributed by atoms with Gasteiger partial charge in [-0.15, -0.1) is 0 Å². The van der Waals surface area contributed by atoms with E-state index in [2.05, 4.69) is 0 Å². The minimum Gasteiger partial charge on any atom is -0.361 e. The van der Waals surface area contributed by atoms with Gasteiger partial charge in [-0.25, -0.2) is 0 Å². The second kappa shape index (κ2) is 2.90. The molecular formula is C7H12N2O2. The van der Waals surface area contributed by atoms with Gasteiger partial charge in [0.05, 0.1) is 0 Å². The van der Waals surface area contributed by atoms with Gasteiger partial charge in [-0.2, -0.15) is 0 Å². The number of amides is 2. The number of primary amides is 1. The molecule has 0 aromatic heterocycles. The summed E-state index contributed by atoms with van der Waals surface area (Å²) in [6.45, 7) is 0. The molecule has 0 heterocycles. The molecule has 0 radical (unpaired) electrons. The highest BCUT2D eigenvalue weighted by Crippen LogP contribution is 2.23. The van der Waals surface area contributed by atoms with Gasteiger partial charge in [0.2, 0.25) is 0 Å². The predicted molar refractivity (Wildman–Crippen MR) is 39.6 cm³/mol. The highest BCUT2D eigenvalue weighted by atomic mass is 16.2. The summed E-state index contributed by atoms with van der Waals surface area (Å²) < 4.78 is 0. The van der Waals surface area contributed by atoms with E-state index < -0.39 is 11.8 Å². The minimum absolute atomic E-state index is 0.245. The van der Waals surface area contributed by atoms with Crippen molar-refractivity contribution in [1.29, 1.82) is 0 Å². The van der Waals surface area contributed by atoms with E-state index in [1.54, 1.807) is 7.05 Å². The van der Waals surface area contributed by atoms with E-state index in [1.165, 1.54) is 4.90 Å². The van der Waals surface area contributed by atoms with Gasteiger partial charge in [-0.05, 0) is 19.3 Å². The second-order valence-corrected chi connectivity index (χ2v) is 2.87. The van der Waals surface area contributed by atoms with Crippen molar-refractivity contribution in [3.63, 3.8) is 0 Å². The largest absolute Gasteiger partial charge is 0.361 e. The fourth-order valence-electron chi connectivity index (χ4n) is 1.11. The quantitative estimate of drug-likeness (QED) is 0.519. The number of rotatable bonds is 1. The topological polar surface area (TPSA) is 63.4 Å². The Morgan fingerprint density at radius 3 is 2.27 bits per heavy atom. The Morgan fingerprint density at radius 2 is 2.00 bits per heavy atom. The Morgan fingerprint density at radius 1 is 1.45 bits per heavy atom. The van der Waals surface area contributed by atoms with Crippen LogP contribution >= 0.6 is 0 Å². The molecule has 0 aromatic rings. The van der Waals surface area contributed by atoms with Crippen molar-refractivity contribution in [2.24, 2.45) is 5.73 Å². The number of likely N-dealkylation sites (N-methyl/N-ethyl adjacent to an activating group) is 1. The summed E-state index contributed by atoms with van der Waals surface area (Å²) in [6.07, 6.45) is 3.13. The van der Waals surface area contributed by atoms with Crippen LogP contribution in [0.2, 0.25) is 0 Å². The highest BCUT2D eigenvalue weighted by molar-refractivity contribution is 6.34. The van der Waals surface area contributed by atoms with Gasteiger partial charge in [-0.3, -0.25) is 9.59 Å². The van der Waals surface area contributed by atoms with Gasteiger partial charge in [0.1, 0.15) is 0 Å². The molecule has 0 spiro atoms. The number of nitrogens with two attached hydrogens (primary N) is 1. The molecule has 2 amide bonds. The van der Waals surface area contributed by atoms with Crippen molar-refractivity contribution in [3.05, 3.63) is 0 Å². The van der Waals surface area contributed by atoms with Crippen molar-refractivity contribution in [2.75, 3.05) is 7.05 Å². The van der Waals surface area contributed by atoms with Crippen LogP contribution in [0.5, 0.6) is 0 Å². The van der Waals surface area contributed by atoms with E-state index in [0.29, 0.717) is 0 Å². The summed E-state index contributed by atoms with van der Waals surface area (Å²) in [6, 6.07) is 0.245. The predicted octanol–water partition coefficient (Wildman–Crippen LogP) is -0.517. The lowest BCUT2D eigenvalue weighted by atomic mass is 9.92. The fourth-order valence-corrected chi connectivity index (χ4v) is 1.11. The number of hydrogen-bond acceptors (Lipinski definition) is 2. The van der Waals surface area contributed by atoms with Crippen LogP contribution in [-0.2, 0) is 9.59 Å². The van der Waals surface area contributed by atoms with Gasteiger partial charge in [0, 0.05) is 13.1 Å². The zero-order chi connectivity index (χ0) is 8.43. The van der Waals surface area contributed by atoms with Crippen LogP contribution < -0.4 is 5.73 Å². The van der Waals surface area contributed by atoms with Gasteiger partial charge < -0.3 is 10.6 Å². The van der Waals surface area contributed by atoms with E-state index >= 15 is 0 Å². The fraction of sp³-hybridized carbons (Fsp3) is 0.714. The Bertz CT molecular complexity index is 187. The Labute approximate surface area is 65.3 Å². The van der Waals surface area contributed by atoms with Crippen LogP contribution in [0, 0.1) is 0 Å². The third-order valence-corrected chi connectivity index (χ3v) is 2.15. The van der Waals surface area contributed by atoms with Crippen LogP contribution in [0.4, 0.5) is 0 Å². The monoisotopic (exact) mass is 156 g/mol. The lowest BCUT2D eigenvalue weighted by Gasteiger charge is -2.33. The molecule has 0 unspecified atom stereocenters. The summed E-state index contributed by atoms with van der Waals surface area (Å²) in [5, 5.41) is 0. The van der Waals surface area contributed by atoms with Crippen LogP contribution in [0.3, 0.4) is 0 Å². The smallest absolute Gasteiger partial charge is 0.311 e. The SMILES string of the molecule is CN(C(=O)C(N)=O)C1CCC1. The van der Waals surface area contributed by atoms with E-state index in [9.17, 15) is 9.59 Å². The van der Waals surface area contributed by atoms with E-state index in [0.717, 1.165) is 19.3 Å². The number of carbonyl (C=O) groups excluding carboxylic acids is 2. The van der Waals surface area contributed by atoms with Crippen molar-refractivity contribution >= 4 is 11.8 Å². The molecule has 62 valence electrons. The minimum atomic E-state index is -0.862. The van der Waals surface area contributed by atoms with Crippen molar-refractivity contribution in [2.45, 2.75) is 25.3 Å². The van der Waals surface area contributed by atoms with Crippen molar-refractivity contribution < 1.29 is 9.59 Å². The lowest BCUT2D eigenvalue weighted by Crippen LogP contribution is -2.46. The second-order valence-electron chi connectivity index (χ2n) is 2.87. The zero-order valence-electron chi connectivity index (χ0n) is 6.54. The molecule has 11 heavy (non-hydrogen) atoms. The summed E-state index contributed by atoms with van der Waals surface area (Å²) in [5.41, 5.74) is 4.82. The maximum absolute atomic E-state index is 10.9. The average Bonchev–Trinajstić information content (AvgIpc) is 1.82. The van der Waals surface area contributed by atoms with Crippen LogP contribution in [0.1, 0.15) is 19.3 Å². The summed E-state index contributed by atoms with van der Waals surface area (Å²) in [5.74, 6) is -1.44. The first-order valence-corrected chi connectivity index (χ1v) is 3.69. The average molecular weight is 156 g/mol. The molecule has 0 aliphatic heterocycles. The standard InChI is InChI=1S/C7H12N2O2/c1-9(5-3-2-4-5)7(11)6(8)10/h5H,2-4H2,1H3,(H2,8,10). The van der Waals surface area contributed by atoms with Gasteiger partial charge >= 0.3 is 11.8 Å². The molecule has 0 saturated heterocycles. The van der Waals surface area contributed by atoms with Gasteiger partial charge in [-0.1, -0.05) is 0 Å². The molecule has 1 saturated carbocycles. The molecule has 1 rings (SSSR count). The van der Waals surface area contributed by atoms with Crippen LogP contribution in [0.25, 0.3) is 0 Å². The molecule has 1 fully saturated rings. The normalized spacial score (nSPS) is 17.2. The summed E-state index contributed by atoms with van der Waals surface area (Å²) >= 11 is 0. The Balaban J connectivity index is 2.45. The number of carbonyl (C=O) groups is 2. The number of hydrogen-bond donors (Lipinski definition) is 1. The van der Waals surface area contributed by atoms with Crippen molar-refractivity contribution in [1.82, 2.24) is 4.90 Å². The van der Waals surface area contributed by atoms with Gasteiger partial charge in [0.15, 0.2) is 0 Å². The molecule has 4 nitrogen and oxygen atoms in total. The third-order valence-electron chi connectivity index (χ3n) is 2.15. The highest BCUT2D eigenvalue weighted by Gasteiger charge is 2.27. The maximum atomic E-state index is 10.9. The van der Waals surface area contributed by atoms with Crippen LogP contribution in [-0.4, -0.2) is 29.8 Å². The first-order chi connectivity index (χ1) is 5.13. The maximum Gasteiger partial charge on any atom is 0.311 e. The molecule has 4 heteroatoms. The van der Waals surface area contributed by atoms with E-state index in [4.69, 9.17) is 5.73 Å². The van der Waals surface area contributed by atoms with Crippen LogP contribution in [0.15, 0.2) is 0 Å². The molecule has 0 atom stereocenters. The van der Waals surface area contributed by atoms with Crippen molar-refractivity contribution in [3.8, 4) is 0 Å². The molecule has 1 aliphatic carbocycles. The van der Waals surface area contributed by atoms with E-state index in [1.807, 2.05) is 0 Å². The molecule has 0 bridgehead atoms. The first-order valence-electron chi connectivity index (χ1n) is 3.69. The first kappa shape index (κ1) is 8.04. The lowest BCUT2D eigenvalue weighted by molar-refractivity contribution is -0.145. The Kier molecular flexibility index (Phi) is 2.12.